The van der Waals surface area contributed by atoms with Gasteiger partial charge in [-0.3, -0.25) is 14.4 Å². The fraction of sp³-hybridized carbons (Fsp3) is 0.246. The summed E-state index contributed by atoms with van der Waals surface area (Å²) < 4.78 is 51.2. The summed E-state index contributed by atoms with van der Waals surface area (Å²) in [7, 11) is 0. The number of aliphatic carboxylic acids is 2. The van der Waals surface area contributed by atoms with Gasteiger partial charge in [0.15, 0.2) is 23.0 Å². The van der Waals surface area contributed by atoms with Gasteiger partial charge in [0.2, 0.25) is 0 Å². The summed E-state index contributed by atoms with van der Waals surface area (Å²) in [4.78, 5) is 32.3. The number of aliphatic hydroxyl groups excluding tert-OH is 2. The maximum absolute atomic E-state index is 14.5. The third kappa shape index (κ3) is 13.4. The van der Waals surface area contributed by atoms with Crippen LogP contribution in [-0.2, 0) is 16.0 Å². The molecule has 2 atom stereocenters. The zero-order valence-electron chi connectivity index (χ0n) is 39.9. The number of carboxylic acid groups (broad SMARTS) is 2. The summed E-state index contributed by atoms with van der Waals surface area (Å²) in [6.45, 7) is 8.01. The van der Waals surface area contributed by atoms with Crippen molar-refractivity contribution in [1.29, 1.82) is 0 Å². The minimum absolute atomic E-state index is 0.254. The van der Waals surface area contributed by atoms with Gasteiger partial charge in [0.25, 0.3) is 0 Å². The quantitative estimate of drug-likeness (QED) is 0.0513. The Morgan fingerprint density at radius 1 is 0.592 bits per heavy atom. The van der Waals surface area contributed by atoms with Crippen molar-refractivity contribution in [2.45, 2.75) is 46.1 Å². The lowest BCUT2D eigenvalue weighted by Gasteiger charge is -2.21. The standard InChI is InChI=1S/C29H29FO5.C24H19FO3.C4H9NO3/c1-19-21(4-3-5-24(19)22-9-11-26-27(17-22)35-15-14-34-26)7-8-23-16-20(6-10-25(23)30)12-13-29(2,18-31)28(32)33;1-16-18(6-7-20-13-17(15-26)5-9-22(20)25)3-2-4-21(16)19-8-10-23-24(14-19)28-12-11-27-23;1-4(5,2-6)3(7)8/h3-11,16-17,31H,12-15,18H2,1-2H3,(H,32,33);2-10,13-15H,11-12H2,1H3;6H,2,5H2,1H3,(H,7,8)/b8-7+;7-6+;. The smallest absolute Gasteiger partial charge is 0.325 e. The van der Waals surface area contributed by atoms with E-state index >= 15 is 0 Å². The lowest BCUT2D eigenvalue weighted by Crippen LogP contribution is -2.48. The highest BCUT2D eigenvalue weighted by Gasteiger charge is 2.32. The highest BCUT2D eigenvalue weighted by atomic mass is 19.1. The Labute approximate surface area is 411 Å². The molecule has 0 saturated heterocycles. The molecule has 0 aliphatic carbocycles. The van der Waals surface area contributed by atoms with Gasteiger partial charge in [-0.05, 0) is 145 Å². The number of rotatable bonds is 14. The van der Waals surface area contributed by atoms with Crippen molar-refractivity contribution >= 4 is 42.5 Å². The van der Waals surface area contributed by atoms with Crippen molar-refractivity contribution in [3.8, 4) is 45.3 Å². The second kappa shape index (κ2) is 23.8. The fourth-order valence-corrected chi connectivity index (χ4v) is 7.46. The predicted molar refractivity (Wildman–Crippen MR) is 270 cm³/mol. The third-order valence-electron chi connectivity index (χ3n) is 12.2. The Morgan fingerprint density at radius 2 is 1.06 bits per heavy atom. The Bertz CT molecular complexity index is 2950. The van der Waals surface area contributed by atoms with Crippen LogP contribution in [0.1, 0.15) is 69.6 Å². The van der Waals surface area contributed by atoms with Gasteiger partial charge < -0.3 is 45.1 Å². The lowest BCUT2D eigenvalue weighted by atomic mass is 9.85. The summed E-state index contributed by atoms with van der Waals surface area (Å²) in [5, 5.41) is 35.2. The molecule has 6 N–H and O–H groups in total. The van der Waals surface area contributed by atoms with Gasteiger partial charge in [0, 0.05) is 16.7 Å². The largest absolute Gasteiger partial charge is 0.486 e. The number of carboxylic acids is 2. The van der Waals surface area contributed by atoms with Crippen molar-refractivity contribution in [2.24, 2.45) is 11.1 Å². The van der Waals surface area contributed by atoms with E-state index < -0.39 is 36.1 Å². The van der Waals surface area contributed by atoms with Crippen molar-refractivity contribution in [1.82, 2.24) is 0 Å². The van der Waals surface area contributed by atoms with Gasteiger partial charge >= 0.3 is 11.9 Å². The van der Waals surface area contributed by atoms with Crippen LogP contribution in [0, 0.1) is 30.9 Å². The summed E-state index contributed by atoms with van der Waals surface area (Å²) in [5.74, 6) is 0.0258. The molecule has 0 amide bonds. The van der Waals surface area contributed by atoms with E-state index in [1.54, 1.807) is 30.4 Å². The van der Waals surface area contributed by atoms with Crippen LogP contribution in [0.15, 0.2) is 109 Å². The maximum atomic E-state index is 14.5. The van der Waals surface area contributed by atoms with Crippen LogP contribution in [-0.4, -0.2) is 83.8 Å². The SMILES string of the molecule is CC(N)(CO)C(=O)O.Cc1c(/C=C/c2cc(C=O)ccc2F)cccc1-c1ccc2c(c1)OCCO2.Cc1c(/C=C/c2cc(CCC(C)(CO)C(=O)O)ccc2F)cccc1-c1ccc2c(c1)OCCO2. The Balaban J connectivity index is 0.000000205. The average molecular weight is 970 g/mol. The monoisotopic (exact) mass is 969 g/mol. The molecule has 2 aliphatic rings. The van der Waals surface area contributed by atoms with Crippen LogP contribution in [0.3, 0.4) is 0 Å². The molecule has 0 spiro atoms. The molecule has 2 aliphatic heterocycles. The number of aryl methyl sites for hydroxylation is 1. The van der Waals surface area contributed by atoms with Crippen LogP contribution in [0.4, 0.5) is 8.78 Å². The van der Waals surface area contributed by atoms with Crippen LogP contribution < -0.4 is 24.7 Å². The molecular formula is C57H57F2NO11. The van der Waals surface area contributed by atoms with E-state index in [-0.39, 0.29) is 18.1 Å². The Morgan fingerprint density at radius 3 is 1.49 bits per heavy atom. The van der Waals surface area contributed by atoms with Crippen LogP contribution >= 0.6 is 0 Å². The zero-order valence-corrected chi connectivity index (χ0v) is 39.9. The molecule has 0 radical (unpaired) electrons. The molecule has 14 heteroatoms. The number of aliphatic hydroxyl groups is 2. The van der Waals surface area contributed by atoms with Crippen molar-refractivity contribution < 1.29 is 62.5 Å². The molecule has 71 heavy (non-hydrogen) atoms. The van der Waals surface area contributed by atoms with Gasteiger partial charge in [0.05, 0.1) is 18.6 Å². The van der Waals surface area contributed by atoms with Crippen LogP contribution in [0.2, 0.25) is 0 Å². The summed E-state index contributed by atoms with van der Waals surface area (Å²) >= 11 is 0. The number of halogens is 2. The second-order valence-corrected chi connectivity index (χ2v) is 17.6. The van der Waals surface area contributed by atoms with Gasteiger partial charge in [0.1, 0.15) is 49.9 Å². The number of ether oxygens (including phenoxy) is 4. The highest BCUT2D eigenvalue weighted by molar-refractivity contribution is 5.82. The first kappa shape index (κ1) is 52.7. The summed E-state index contributed by atoms with van der Waals surface area (Å²) in [6.07, 6.45) is 8.56. The number of benzene rings is 6. The van der Waals surface area contributed by atoms with Crippen LogP contribution in [0.25, 0.3) is 46.6 Å². The number of carbonyl (C=O) groups is 3. The first-order valence-corrected chi connectivity index (χ1v) is 22.8. The van der Waals surface area contributed by atoms with Crippen LogP contribution in [0.5, 0.6) is 23.0 Å². The number of aldehydes is 1. The molecule has 0 fully saturated rings. The number of hydrogen-bond acceptors (Lipinski definition) is 10. The maximum Gasteiger partial charge on any atom is 0.325 e. The molecule has 2 heterocycles. The van der Waals surface area contributed by atoms with Crippen molar-refractivity contribution in [3.63, 3.8) is 0 Å². The second-order valence-electron chi connectivity index (χ2n) is 17.6. The number of nitrogens with two attached hydrogens (primary N) is 1. The van der Waals surface area contributed by atoms with Gasteiger partial charge in [-0.2, -0.15) is 0 Å². The molecule has 0 saturated carbocycles. The van der Waals surface area contributed by atoms with Gasteiger partial charge in [-0.15, -0.1) is 0 Å². The predicted octanol–water partition coefficient (Wildman–Crippen LogP) is 10.1. The van der Waals surface area contributed by atoms with E-state index in [1.807, 2.05) is 98.8 Å². The number of hydrogen-bond donors (Lipinski definition) is 5. The Kier molecular flexibility index (Phi) is 17.7. The molecular weight excluding hydrogens is 913 g/mol. The van der Waals surface area contributed by atoms with Crippen molar-refractivity contribution in [3.05, 3.63) is 165 Å². The van der Waals surface area contributed by atoms with E-state index in [1.165, 1.54) is 32.0 Å². The molecule has 0 aromatic heterocycles. The first-order valence-electron chi connectivity index (χ1n) is 22.8. The normalized spacial score (nSPS) is 14.3. The van der Waals surface area contributed by atoms with E-state index in [9.17, 15) is 33.4 Å². The molecule has 6 aromatic rings. The average Bonchev–Trinajstić information content (AvgIpc) is 3.38. The lowest BCUT2D eigenvalue weighted by molar-refractivity contribution is -0.150. The molecule has 0 bridgehead atoms. The topological polar surface area (TPSA) is 195 Å². The Hall–Kier alpha value is -7.65. The van der Waals surface area contributed by atoms with Crippen molar-refractivity contribution in [2.75, 3.05) is 39.6 Å². The molecule has 370 valence electrons. The zero-order chi connectivity index (χ0) is 51.3. The number of fused-ring (bicyclic) bond motifs is 2. The number of carbonyl (C=O) groups excluding carboxylic acids is 1. The molecule has 2 unspecified atom stereocenters. The van der Waals surface area contributed by atoms with E-state index in [4.69, 9.17) is 34.9 Å². The molecule has 8 rings (SSSR count). The molecule has 12 nitrogen and oxygen atoms in total. The highest BCUT2D eigenvalue weighted by Crippen LogP contribution is 2.38. The fourth-order valence-electron chi connectivity index (χ4n) is 7.46. The van der Waals surface area contributed by atoms with Gasteiger partial charge in [-0.1, -0.05) is 78.9 Å². The summed E-state index contributed by atoms with van der Waals surface area (Å²) in [5.41, 5.74) is 12.6. The minimum Gasteiger partial charge on any atom is -0.486 e. The van der Waals surface area contributed by atoms with Gasteiger partial charge in [-0.25, -0.2) is 8.78 Å². The third-order valence-corrected chi connectivity index (χ3v) is 12.2. The molecule has 6 aromatic carbocycles. The first-order chi connectivity index (χ1) is 34.0. The van der Waals surface area contributed by atoms with E-state index in [0.29, 0.717) is 55.8 Å². The van der Waals surface area contributed by atoms with E-state index in [2.05, 4.69) is 0 Å². The van der Waals surface area contributed by atoms with E-state index in [0.717, 1.165) is 73.1 Å². The minimum atomic E-state index is -1.49. The summed E-state index contributed by atoms with van der Waals surface area (Å²) in [6, 6.07) is 32.9.